The number of carboxylic acid groups (broad SMARTS) is 1. The maximum Gasteiger partial charge on any atom is 0.324 e. The number of phenols is 1. The highest BCUT2D eigenvalue weighted by molar-refractivity contribution is 5.81. The maximum absolute atomic E-state index is 11.7. The lowest BCUT2D eigenvalue weighted by Gasteiger charge is -2.45. The molecule has 0 heterocycles. The van der Waals surface area contributed by atoms with E-state index in [-0.39, 0.29) is 5.75 Å². The fourth-order valence-corrected chi connectivity index (χ4v) is 3.02. The molecule has 0 aliphatic rings. The number of aromatic hydroxyl groups is 1. The minimum absolute atomic E-state index is 0.166. The van der Waals surface area contributed by atoms with Gasteiger partial charge in [-0.05, 0) is 37.0 Å². The number of hydrogen-bond acceptors (Lipinski definition) is 3. The molecule has 4 heteroatoms. The van der Waals surface area contributed by atoms with Crippen LogP contribution in [0, 0.1) is 0 Å². The summed E-state index contributed by atoms with van der Waals surface area (Å²) in [5.41, 5.74) is 5.16. The normalized spacial score (nSPS) is 14.9. The standard InChI is InChI=1S/C15H23NO3/c1-4-14(5-2,15(16,6-3)13(18)19)11-7-9-12(17)10-8-11/h7-10,17H,4-6,16H2,1-3H3,(H,18,19)/t15-/m1/s1. The van der Waals surface area contributed by atoms with Crippen LogP contribution < -0.4 is 5.73 Å². The Morgan fingerprint density at radius 1 is 1.11 bits per heavy atom. The quantitative estimate of drug-likeness (QED) is 0.738. The van der Waals surface area contributed by atoms with Gasteiger partial charge in [0.1, 0.15) is 11.3 Å². The third-order valence-electron chi connectivity index (χ3n) is 4.42. The summed E-state index contributed by atoms with van der Waals surface area (Å²) in [5, 5.41) is 19.0. The van der Waals surface area contributed by atoms with Crippen LogP contribution >= 0.6 is 0 Å². The van der Waals surface area contributed by atoms with E-state index in [2.05, 4.69) is 0 Å². The summed E-state index contributed by atoms with van der Waals surface area (Å²) < 4.78 is 0. The largest absolute Gasteiger partial charge is 0.508 e. The SMILES string of the molecule is CCC(CC)(c1ccc(O)cc1)[C@@](N)(CC)C(=O)O. The lowest BCUT2D eigenvalue weighted by Crippen LogP contribution is -2.62. The predicted molar refractivity (Wildman–Crippen MR) is 75.2 cm³/mol. The number of nitrogens with two attached hydrogens (primary N) is 1. The number of benzene rings is 1. The van der Waals surface area contributed by atoms with Crippen molar-refractivity contribution in [3.63, 3.8) is 0 Å². The van der Waals surface area contributed by atoms with Crippen LogP contribution in [0.5, 0.6) is 5.75 Å². The van der Waals surface area contributed by atoms with Gasteiger partial charge in [0.15, 0.2) is 0 Å². The molecule has 4 nitrogen and oxygen atoms in total. The van der Waals surface area contributed by atoms with Gasteiger partial charge in [-0.2, -0.15) is 0 Å². The summed E-state index contributed by atoms with van der Waals surface area (Å²) in [6.07, 6.45) is 1.61. The van der Waals surface area contributed by atoms with Gasteiger partial charge < -0.3 is 15.9 Å². The zero-order chi connectivity index (χ0) is 14.7. The highest BCUT2D eigenvalue weighted by atomic mass is 16.4. The van der Waals surface area contributed by atoms with Crippen molar-refractivity contribution in [1.29, 1.82) is 0 Å². The van der Waals surface area contributed by atoms with Gasteiger partial charge in [-0.3, -0.25) is 4.79 Å². The molecule has 1 aromatic carbocycles. The summed E-state index contributed by atoms with van der Waals surface area (Å²) in [6, 6.07) is 6.69. The van der Waals surface area contributed by atoms with Crippen LogP contribution in [0.25, 0.3) is 0 Å². The second-order valence-electron chi connectivity index (χ2n) is 4.97. The highest BCUT2D eigenvalue weighted by Gasteiger charge is 2.51. The van der Waals surface area contributed by atoms with Crippen LogP contribution in [0.3, 0.4) is 0 Å². The molecule has 1 aromatic rings. The topological polar surface area (TPSA) is 83.5 Å². The Hall–Kier alpha value is -1.55. The van der Waals surface area contributed by atoms with Gasteiger partial charge >= 0.3 is 5.97 Å². The molecule has 0 aliphatic carbocycles. The number of carbonyl (C=O) groups is 1. The first kappa shape index (κ1) is 15.5. The summed E-state index contributed by atoms with van der Waals surface area (Å²) in [7, 11) is 0. The third-order valence-corrected chi connectivity index (χ3v) is 4.42. The summed E-state index contributed by atoms with van der Waals surface area (Å²) in [5.74, 6) is -0.814. The van der Waals surface area contributed by atoms with Crippen LogP contribution in [0.15, 0.2) is 24.3 Å². The van der Waals surface area contributed by atoms with Crippen molar-refractivity contribution in [3.05, 3.63) is 29.8 Å². The first-order valence-corrected chi connectivity index (χ1v) is 6.69. The Balaban J connectivity index is 3.46. The number of carboxylic acids is 1. The zero-order valence-electron chi connectivity index (χ0n) is 11.8. The first-order valence-electron chi connectivity index (χ1n) is 6.69. The number of aliphatic carboxylic acids is 1. The van der Waals surface area contributed by atoms with Gasteiger partial charge in [0.2, 0.25) is 0 Å². The van der Waals surface area contributed by atoms with E-state index < -0.39 is 16.9 Å². The van der Waals surface area contributed by atoms with E-state index >= 15 is 0 Å². The van der Waals surface area contributed by atoms with Gasteiger partial charge in [-0.15, -0.1) is 0 Å². The Morgan fingerprint density at radius 3 is 1.89 bits per heavy atom. The Morgan fingerprint density at radius 2 is 1.58 bits per heavy atom. The van der Waals surface area contributed by atoms with E-state index in [4.69, 9.17) is 5.73 Å². The van der Waals surface area contributed by atoms with E-state index in [1.54, 1.807) is 31.2 Å². The van der Waals surface area contributed by atoms with Gasteiger partial charge in [-0.25, -0.2) is 0 Å². The van der Waals surface area contributed by atoms with Crippen LogP contribution in [-0.4, -0.2) is 21.7 Å². The molecule has 0 aliphatic heterocycles. The second-order valence-corrected chi connectivity index (χ2v) is 4.97. The number of rotatable bonds is 6. The number of hydrogen-bond donors (Lipinski definition) is 3. The van der Waals surface area contributed by atoms with Crippen molar-refractivity contribution in [2.24, 2.45) is 5.73 Å². The molecule has 0 fully saturated rings. The highest BCUT2D eigenvalue weighted by Crippen LogP contribution is 2.42. The lowest BCUT2D eigenvalue weighted by atomic mass is 9.61. The molecule has 1 rings (SSSR count). The van der Waals surface area contributed by atoms with Gasteiger partial charge in [0.05, 0.1) is 0 Å². The lowest BCUT2D eigenvalue weighted by molar-refractivity contribution is -0.147. The Bertz CT molecular complexity index is 437. The fourth-order valence-electron chi connectivity index (χ4n) is 3.02. The molecule has 106 valence electrons. The van der Waals surface area contributed by atoms with E-state index in [9.17, 15) is 15.0 Å². The molecular weight excluding hydrogens is 242 g/mol. The molecule has 0 saturated carbocycles. The molecule has 0 amide bonds. The average Bonchev–Trinajstić information content (AvgIpc) is 2.41. The summed E-state index contributed by atoms with van der Waals surface area (Å²) in [6.45, 7) is 5.71. The van der Waals surface area contributed by atoms with Gasteiger partial charge in [0.25, 0.3) is 0 Å². The zero-order valence-corrected chi connectivity index (χ0v) is 11.8. The van der Waals surface area contributed by atoms with Crippen molar-refractivity contribution < 1.29 is 15.0 Å². The predicted octanol–water partition coefficient (Wildman–Crippen LogP) is 2.64. The molecule has 0 radical (unpaired) electrons. The van der Waals surface area contributed by atoms with Crippen LogP contribution in [-0.2, 0) is 10.2 Å². The summed E-state index contributed by atoms with van der Waals surface area (Å²) >= 11 is 0. The average molecular weight is 265 g/mol. The van der Waals surface area contributed by atoms with Crippen LogP contribution in [0.1, 0.15) is 45.6 Å². The molecule has 0 aromatic heterocycles. The molecule has 4 N–H and O–H groups in total. The fraction of sp³-hybridized carbons (Fsp3) is 0.533. The van der Waals surface area contributed by atoms with Crippen molar-refractivity contribution in [2.75, 3.05) is 0 Å². The van der Waals surface area contributed by atoms with Crippen molar-refractivity contribution >= 4 is 5.97 Å². The van der Waals surface area contributed by atoms with E-state index in [0.717, 1.165) is 5.56 Å². The summed E-state index contributed by atoms with van der Waals surface area (Å²) in [4.78, 5) is 11.7. The Labute approximate surface area is 114 Å². The van der Waals surface area contributed by atoms with Crippen LogP contribution in [0.2, 0.25) is 0 Å². The molecule has 1 atom stereocenters. The molecule has 0 bridgehead atoms. The van der Waals surface area contributed by atoms with Gasteiger partial charge in [-0.1, -0.05) is 32.9 Å². The number of phenolic OH excluding ortho intramolecular Hbond substituents is 1. The van der Waals surface area contributed by atoms with Crippen molar-refractivity contribution in [2.45, 2.75) is 51.0 Å². The van der Waals surface area contributed by atoms with Crippen LogP contribution in [0.4, 0.5) is 0 Å². The molecule has 0 unspecified atom stereocenters. The molecular formula is C15H23NO3. The van der Waals surface area contributed by atoms with Crippen molar-refractivity contribution in [1.82, 2.24) is 0 Å². The third kappa shape index (κ3) is 2.32. The van der Waals surface area contributed by atoms with E-state index in [0.29, 0.717) is 19.3 Å². The van der Waals surface area contributed by atoms with E-state index in [1.807, 2.05) is 13.8 Å². The minimum atomic E-state index is -1.31. The first-order chi connectivity index (χ1) is 8.87. The molecule has 19 heavy (non-hydrogen) atoms. The second kappa shape index (κ2) is 5.61. The van der Waals surface area contributed by atoms with Gasteiger partial charge in [0, 0.05) is 5.41 Å². The molecule has 0 spiro atoms. The minimum Gasteiger partial charge on any atom is -0.508 e. The monoisotopic (exact) mass is 265 g/mol. The smallest absolute Gasteiger partial charge is 0.324 e. The van der Waals surface area contributed by atoms with Crippen molar-refractivity contribution in [3.8, 4) is 5.75 Å². The maximum atomic E-state index is 11.7. The molecule has 0 saturated heterocycles. The van der Waals surface area contributed by atoms with E-state index in [1.165, 1.54) is 0 Å². The Kier molecular flexibility index (Phi) is 4.58.